The average molecular weight is 349 g/mol. The van der Waals surface area contributed by atoms with Crippen LogP contribution in [0.5, 0.6) is 5.75 Å². The first-order valence-corrected chi connectivity index (χ1v) is 8.91. The van der Waals surface area contributed by atoms with Crippen LogP contribution in [0.4, 0.5) is 5.69 Å². The van der Waals surface area contributed by atoms with E-state index in [0.717, 1.165) is 34.4 Å². The van der Waals surface area contributed by atoms with Crippen molar-refractivity contribution >= 4 is 16.5 Å². The molecule has 0 fully saturated rings. The Hall–Kier alpha value is -2.59. The zero-order valence-corrected chi connectivity index (χ0v) is 16.0. The molecule has 0 amide bonds. The molecule has 3 aromatic rings. The largest absolute Gasteiger partial charge is 0.497 e. The molecule has 1 aromatic heterocycles. The molecule has 2 aromatic carbocycles. The van der Waals surface area contributed by atoms with E-state index in [1.54, 1.807) is 7.11 Å². The molecule has 0 aliphatic rings. The maximum Gasteiger partial charge on any atom is 0.118 e. The molecule has 4 heteroatoms. The SMILES string of the molecule is COc1ccc(CNc2cnc(CN)c3cc(C(C)(C)C)ccc23)cc1. The molecule has 0 radical (unpaired) electrons. The van der Waals surface area contributed by atoms with Crippen LogP contribution in [-0.4, -0.2) is 12.1 Å². The Morgan fingerprint density at radius 1 is 1.04 bits per heavy atom. The summed E-state index contributed by atoms with van der Waals surface area (Å²) in [5, 5.41) is 5.79. The normalized spacial score (nSPS) is 11.6. The van der Waals surface area contributed by atoms with E-state index in [4.69, 9.17) is 10.5 Å². The second kappa shape index (κ2) is 7.34. The third-order valence-electron chi connectivity index (χ3n) is 4.67. The Kier molecular flexibility index (Phi) is 5.14. The minimum atomic E-state index is 0.0899. The highest BCUT2D eigenvalue weighted by atomic mass is 16.5. The van der Waals surface area contributed by atoms with Gasteiger partial charge in [-0.15, -0.1) is 0 Å². The fraction of sp³-hybridized carbons (Fsp3) is 0.318. The summed E-state index contributed by atoms with van der Waals surface area (Å²) in [6.45, 7) is 7.81. The van der Waals surface area contributed by atoms with Crippen molar-refractivity contribution in [2.24, 2.45) is 5.73 Å². The van der Waals surface area contributed by atoms with Crippen molar-refractivity contribution in [2.45, 2.75) is 39.3 Å². The van der Waals surface area contributed by atoms with Gasteiger partial charge < -0.3 is 15.8 Å². The lowest BCUT2D eigenvalue weighted by Crippen LogP contribution is -2.12. The van der Waals surface area contributed by atoms with Gasteiger partial charge in [-0.2, -0.15) is 0 Å². The van der Waals surface area contributed by atoms with Gasteiger partial charge in [-0.1, -0.05) is 45.0 Å². The van der Waals surface area contributed by atoms with Gasteiger partial charge in [0.15, 0.2) is 0 Å². The summed E-state index contributed by atoms with van der Waals surface area (Å²) in [5.41, 5.74) is 10.4. The Balaban J connectivity index is 1.92. The predicted octanol–water partition coefficient (Wildman–Crippen LogP) is 4.61. The Morgan fingerprint density at radius 2 is 1.77 bits per heavy atom. The summed E-state index contributed by atoms with van der Waals surface area (Å²) in [4.78, 5) is 4.58. The molecule has 0 unspecified atom stereocenters. The number of methoxy groups -OCH3 is 1. The van der Waals surface area contributed by atoms with Gasteiger partial charge in [0.25, 0.3) is 0 Å². The topological polar surface area (TPSA) is 60.2 Å². The molecule has 0 spiro atoms. The molecule has 136 valence electrons. The van der Waals surface area contributed by atoms with E-state index in [9.17, 15) is 0 Å². The third-order valence-corrected chi connectivity index (χ3v) is 4.67. The maximum absolute atomic E-state index is 5.92. The molecule has 26 heavy (non-hydrogen) atoms. The molecule has 0 saturated carbocycles. The lowest BCUT2D eigenvalue weighted by atomic mass is 9.85. The molecular formula is C22H27N3O. The van der Waals surface area contributed by atoms with E-state index in [2.05, 4.69) is 61.4 Å². The van der Waals surface area contributed by atoms with Gasteiger partial charge in [-0.25, -0.2) is 0 Å². The van der Waals surface area contributed by atoms with Crippen molar-refractivity contribution in [3.63, 3.8) is 0 Å². The van der Waals surface area contributed by atoms with Crippen molar-refractivity contribution in [3.8, 4) is 5.75 Å². The number of hydrogen-bond acceptors (Lipinski definition) is 4. The van der Waals surface area contributed by atoms with Gasteiger partial charge in [-0.05, 0) is 34.7 Å². The molecule has 0 atom stereocenters. The summed E-state index contributed by atoms with van der Waals surface area (Å²) in [7, 11) is 1.68. The number of ether oxygens (including phenoxy) is 1. The lowest BCUT2D eigenvalue weighted by Gasteiger charge is -2.21. The average Bonchev–Trinajstić information content (AvgIpc) is 2.65. The first kappa shape index (κ1) is 18.2. The molecule has 0 aliphatic heterocycles. The number of rotatable bonds is 5. The second-order valence-corrected chi connectivity index (χ2v) is 7.53. The van der Waals surface area contributed by atoms with E-state index in [0.29, 0.717) is 6.54 Å². The number of pyridine rings is 1. The molecule has 1 heterocycles. The fourth-order valence-electron chi connectivity index (χ4n) is 3.01. The van der Waals surface area contributed by atoms with Crippen LogP contribution >= 0.6 is 0 Å². The van der Waals surface area contributed by atoms with Gasteiger partial charge in [0.2, 0.25) is 0 Å². The Morgan fingerprint density at radius 3 is 2.38 bits per heavy atom. The molecule has 0 saturated heterocycles. The van der Waals surface area contributed by atoms with Crippen LogP contribution in [0.15, 0.2) is 48.7 Å². The van der Waals surface area contributed by atoms with Gasteiger partial charge in [0.05, 0.1) is 24.7 Å². The van der Waals surface area contributed by atoms with Gasteiger partial charge in [0.1, 0.15) is 5.75 Å². The number of aromatic nitrogens is 1. The van der Waals surface area contributed by atoms with Crippen molar-refractivity contribution in [2.75, 3.05) is 12.4 Å². The molecular weight excluding hydrogens is 322 g/mol. The molecule has 0 bridgehead atoms. The van der Waals surface area contributed by atoms with Crippen molar-refractivity contribution in [3.05, 3.63) is 65.5 Å². The summed E-state index contributed by atoms with van der Waals surface area (Å²) in [6, 6.07) is 14.7. The van der Waals surface area contributed by atoms with Crippen molar-refractivity contribution < 1.29 is 4.74 Å². The van der Waals surface area contributed by atoms with E-state index in [1.165, 1.54) is 11.1 Å². The standard InChI is InChI=1S/C22H27N3O/c1-22(2,3)16-7-10-18-19(11-16)20(12-23)25-14-21(18)24-13-15-5-8-17(26-4)9-6-15/h5-11,14,24H,12-13,23H2,1-4H3. The first-order valence-electron chi connectivity index (χ1n) is 8.91. The number of fused-ring (bicyclic) bond motifs is 1. The number of nitrogens with zero attached hydrogens (tertiary/aromatic N) is 1. The molecule has 3 rings (SSSR count). The van der Waals surface area contributed by atoms with Crippen LogP contribution in [0, 0.1) is 0 Å². The summed E-state index contributed by atoms with van der Waals surface area (Å²) >= 11 is 0. The summed E-state index contributed by atoms with van der Waals surface area (Å²) in [5.74, 6) is 0.864. The second-order valence-electron chi connectivity index (χ2n) is 7.53. The van der Waals surface area contributed by atoms with Crippen LogP contribution in [0.25, 0.3) is 10.8 Å². The molecule has 3 N–H and O–H groups in total. The molecule has 0 aliphatic carbocycles. The van der Waals surface area contributed by atoms with Crippen molar-refractivity contribution in [1.82, 2.24) is 4.98 Å². The van der Waals surface area contributed by atoms with E-state index < -0.39 is 0 Å². The molecule has 4 nitrogen and oxygen atoms in total. The van der Waals surface area contributed by atoms with Crippen LogP contribution in [0.1, 0.15) is 37.6 Å². The first-order chi connectivity index (χ1) is 12.4. The number of nitrogens with two attached hydrogens (primary N) is 1. The predicted molar refractivity (Wildman–Crippen MR) is 109 cm³/mol. The number of hydrogen-bond donors (Lipinski definition) is 2. The van der Waals surface area contributed by atoms with E-state index >= 15 is 0 Å². The number of nitrogens with one attached hydrogen (secondary N) is 1. The van der Waals surface area contributed by atoms with E-state index in [-0.39, 0.29) is 5.41 Å². The van der Waals surface area contributed by atoms with E-state index in [1.807, 2.05) is 18.3 Å². The Labute approximate surface area is 155 Å². The lowest BCUT2D eigenvalue weighted by molar-refractivity contribution is 0.414. The van der Waals surface area contributed by atoms with Gasteiger partial charge in [-0.3, -0.25) is 4.98 Å². The quantitative estimate of drug-likeness (QED) is 0.706. The van der Waals surface area contributed by atoms with Crippen LogP contribution < -0.4 is 15.8 Å². The fourth-order valence-corrected chi connectivity index (χ4v) is 3.01. The highest BCUT2D eigenvalue weighted by Gasteiger charge is 2.16. The highest BCUT2D eigenvalue weighted by Crippen LogP contribution is 2.31. The van der Waals surface area contributed by atoms with Gasteiger partial charge in [0, 0.05) is 23.9 Å². The smallest absolute Gasteiger partial charge is 0.118 e. The zero-order chi connectivity index (χ0) is 18.7. The third kappa shape index (κ3) is 3.81. The summed E-state index contributed by atoms with van der Waals surface area (Å²) in [6.07, 6.45) is 1.88. The highest BCUT2D eigenvalue weighted by molar-refractivity contribution is 5.95. The monoisotopic (exact) mass is 349 g/mol. The van der Waals surface area contributed by atoms with Crippen molar-refractivity contribution in [1.29, 1.82) is 0 Å². The zero-order valence-electron chi connectivity index (χ0n) is 16.0. The van der Waals surface area contributed by atoms with Crippen LogP contribution in [0.2, 0.25) is 0 Å². The Bertz CT molecular complexity index is 896. The minimum absolute atomic E-state index is 0.0899. The maximum atomic E-state index is 5.92. The number of anilines is 1. The number of benzene rings is 2. The van der Waals surface area contributed by atoms with Gasteiger partial charge >= 0.3 is 0 Å². The summed E-state index contributed by atoms with van der Waals surface area (Å²) < 4.78 is 5.21. The van der Waals surface area contributed by atoms with Crippen LogP contribution in [-0.2, 0) is 18.5 Å². The van der Waals surface area contributed by atoms with Crippen LogP contribution in [0.3, 0.4) is 0 Å². The minimum Gasteiger partial charge on any atom is -0.497 e.